The average Bonchev–Trinajstić information content (AvgIpc) is 2.95. The molecule has 30 heavy (non-hydrogen) atoms. The number of nitrogens with zero attached hydrogens (tertiary/aromatic N) is 1. The summed E-state index contributed by atoms with van der Waals surface area (Å²) in [5.41, 5.74) is 0.564. The second-order valence-electron chi connectivity index (χ2n) is 6.60. The van der Waals surface area contributed by atoms with E-state index >= 15 is 0 Å². The van der Waals surface area contributed by atoms with E-state index in [0.29, 0.717) is 11.3 Å². The van der Waals surface area contributed by atoms with E-state index in [1.807, 2.05) is 5.32 Å². The van der Waals surface area contributed by atoms with E-state index in [2.05, 4.69) is 17.8 Å². The molecule has 0 bridgehead atoms. The van der Waals surface area contributed by atoms with Gasteiger partial charge in [0.2, 0.25) is 0 Å². The number of aromatic amines is 1. The SMILES string of the molecule is B=C(C(=O)N[C@@H](C)C(F)(F)F)c1[nH]c(C)c(C(=O)Nc2ccc(F)c(C#N)c2)c1C. The summed E-state index contributed by atoms with van der Waals surface area (Å²) < 4.78 is 51.4. The molecule has 0 aliphatic heterocycles. The third kappa shape index (κ3) is 4.76. The Morgan fingerprint density at radius 2 is 1.90 bits per heavy atom. The molecule has 2 amide bonds. The molecule has 0 saturated carbocycles. The van der Waals surface area contributed by atoms with Gasteiger partial charge >= 0.3 is 170 Å². The molecule has 1 atom stereocenters. The quantitative estimate of drug-likeness (QED) is 0.512. The van der Waals surface area contributed by atoms with Gasteiger partial charge in [-0.05, 0) is 0 Å². The topological polar surface area (TPSA) is 97.8 Å². The number of carbonyl (C=O) groups is 2. The fourth-order valence-corrected chi connectivity index (χ4v) is 2.75. The normalized spacial score (nSPS) is 12.0. The summed E-state index contributed by atoms with van der Waals surface area (Å²) >= 11 is 0. The summed E-state index contributed by atoms with van der Waals surface area (Å²) in [6, 6.07) is 3.06. The Morgan fingerprint density at radius 3 is 2.47 bits per heavy atom. The molecule has 0 saturated heterocycles. The van der Waals surface area contributed by atoms with Gasteiger partial charge in [0.1, 0.15) is 0 Å². The first-order chi connectivity index (χ1) is 13.9. The molecule has 2 aromatic rings. The van der Waals surface area contributed by atoms with Crippen LogP contribution in [-0.2, 0) is 4.79 Å². The molecular weight excluding hydrogens is 403 g/mol. The van der Waals surface area contributed by atoms with Crippen molar-refractivity contribution in [1.29, 1.82) is 5.26 Å². The number of benzene rings is 1. The number of hydrogen-bond donors (Lipinski definition) is 3. The number of carbonyl (C=O) groups excluding carboxylic acids is 2. The van der Waals surface area contributed by atoms with Crippen LogP contribution in [0.15, 0.2) is 18.2 Å². The molecule has 0 radical (unpaired) electrons. The van der Waals surface area contributed by atoms with Crippen LogP contribution in [0.2, 0.25) is 0 Å². The summed E-state index contributed by atoms with van der Waals surface area (Å²) in [6.45, 7) is 3.85. The standard InChI is InChI=1S/C19H17BF4N4O2/c1-8-14(17(29)28-12-4-5-13(21)11(6-12)7-25)9(2)26-16(8)15(20)18(30)27-10(3)19(22,23)24/h4-6,10,20,26H,1-3H3,(H,27,30)(H,28,29)/t10-/m0/s1. The second kappa shape index (κ2) is 8.53. The zero-order valence-electron chi connectivity index (χ0n) is 16.3. The van der Waals surface area contributed by atoms with Gasteiger partial charge in [-0.15, -0.1) is 0 Å². The van der Waals surface area contributed by atoms with Crippen molar-refractivity contribution >= 4 is 30.5 Å². The van der Waals surface area contributed by atoms with Crippen LogP contribution in [-0.4, -0.2) is 42.0 Å². The van der Waals surface area contributed by atoms with Crippen LogP contribution in [0.1, 0.15) is 39.8 Å². The van der Waals surface area contributed by atoms with Crippen LogP contribution in [0, 0.1) is 31.0 Å². The second-order valence-corrected chi connectivity index (χ2v) is 6.60. The van der Waals surface area contributed by atoms with Crippen molar-refractivity contribution in [2.75, 3.05) is 5.32 Å². The summed E-state index contributed by atoms with van der Waals surface area (Å²) in [4.78, 5) is 27.6. The van der Waals surface area contributed by atoms with E-state index < -0.39 is 29.8 Å². The summed E-state index contributed by atoms with van der Waals surface area (Å²) in [6.07, 6.45) is -4.61. The molecule has 0 aliphatic carbocycles. The maximum atomic E-state index is 13.4. The van der Waals surface area contributed by atoms with Gasteiger partial charge in [-0.3, -0.25) is 0 Å². The molecule has 1 aromatic heterocycles. The van der Waals surface area contributed by atoms with Gasteiger partial charge in [-0.2, -0.15) is 0 Å². The van der Waals surface area contributed by atoms with Gasteiger partial charge in [0.25, 0.3) is 0 Å². The van der Waals surface area contributed by atoms with Gasteiger partial charge < -0.3 is 0 Å². The van der Waals surface area contributed by atoms with Crippen LogP contribution in [0.5, 0.6) is 0 Å². The molecule has 3 N–H and O–H groups in total. The van der Waals surface area contributed by atoms with Crippen molar-refractivity contribution < 1.29 is 27.2 Å². The number of nitrogens with one attached hydrogen (secondary N) is 3. The Balaban J connectivity index is 2.26. The Kier molecular flexibility index (Phi) is 6.50. The number of aromatic nitrogens is 1. The molecule has 0 spiro atoms. The van der Waals surface area contributed by atoms with E-state index in [9.17, 15) is 27.2 Å². The molecule has 156 valence electrons. The van der Waals surface area contributed by atoms with Gasteiger partial charge in [0.05, 0.1) is 0 Å². The first-order valence-corrected chi connectivity index (χ1v) is 8.63. The predicted octanol–water partition coefficient (Wildman–Crippen LogP) is 2.38. The molecule has 1 aromatic carbocycles. The van der Waals surface area contributed by atoms with Crippen molar-refractivity contribution in [3.8, 4) is 6.07 Å². The Bertz CT molecular complexity index is 1070. The van der Waals surface area contributed by atoms with Crippen molar-refractivity contribution in [2.45, 2.75) is 33.0 Å². The maximum absolute atomic E-state index is 13.4. The summed E-state index contributed by atoms with van der Waals surface area (Å²) in [5.74, 6) is -2.38. The van der Waals surface area contributed by atoms with Crippen LogP contribution in [0.3, 0.4) is 0 Å². The monoisotopic (exact) mass is 420 g/mol. The molecule has 0 fully saturated rings. The molecule has 1 heterocycles. The number of aryl methyl sites for hydroxylation is 1. The van der Waals surface area contributed by atoms with Gasteiger partial charge in [-0.1, -0.05) is 0 Å². The third-order valence-electron chi connectivity index (χ3n) is 4.42. The molecule has 2 rings (SSSR count). The number of halogens is 4. The Hall–Kier alpha value is -3.42. The zero-order chi connectivity index (χ0) is 22.8. The first kappa shape index (κ1) is 22.9. The third-order valence-corrected chi connectivity index (χ3v) is 4.42. The Labute approximate surface area is 170 Å². The van der Waals surface area contributed by atoms with Crippen molar-refractivity contribution in [1.82, 2.24) is 10.3 Å². The fourth-order valence-electron chi connectivity index (χ4n) is 2.75. The molecule has 11 heteroatoms. The van der Waals surface area contributed by atoms with Crippen molar-refractivity contribution in [2.24, 2.45) is 0 Å². The van der Waals surface area contributed by atoms with E-state index in [0.717, 1.165) is 19.1 Å². The van der Waals surface area contributed by atoms with Crippen LogP contribution in [0.4, 0.5) is 23.2 Å². The van der Waals surface area contributed by atoms with E-state index in [-0.39, 0.29) is 28.0 Å². The minimum absolute atomic E-state index is 0.112. The van der Waals surface area contributed by atoms with E-state index in [1.165, 1.54) is 13.0 Å². The molecule has 0 unspecified atom stereocenters. The first-order valence-electron chi connectivity index (χ1n) is 8.63. The fraction of sp³-hybridized carbons (Fsp3) is 0.263. The van der Waals surface area contributed by atoms with Gasteiger partial charge in [0.15, 0.2) is 0 Å². The van der Waals surface area contributed by atoms with Crippen LogP contribution >= 0.6 is 0 Å². The number of alkyl halides is 3. The van der Waals surface area contributed by atoms with Gasteiger partial charge in [0, 0.05) is 0 Å². The van der Waals surface area contributed by atoms with E-state index in [4.69, 9.17) is 5.26 Å². The number of amides is 2. The molecule has 6 nitrogen and oxygen atoms in total. The van der Waals surface area contributed by atoms with Crippen LogP contribution < -0.4 is 10.6 Å². The number of hydrogen-bond acceptors (Lipinski definition) is 3. The number of rotatable bonds is 5. The average molecular weight is 420 g/mol. The number of anilines is 1. The van der Waals surface area contributed by atoms with Crippen molar-refractivity contribution in [3.63, 3.8) is 0 Å². The number of H-pyrrole nitrogens is 1. The molecular formula is C19H17BF4N4O2. The zero-order valence-corrected chi connectivity index (χ0v) is 16.3. The minimum atomic E-state index is -4.61. The van der Waals surface area contributed by atoms with Gasteiger partial charge in [-0.25, -0.2) is 0 Å². The predicted molar refractivity (Wildman–Crippen MR) is 104 cm³/mol. The van der Waals surface area contributed by atoms with Crippen LogP contribution in [0.25, 0.3) is 0 Å². The molecule has 0 aliphatic rings. The Morgan fingerprint density at radius 1 is 1.27 bits per heavy atom. The van der Waals surface area contributed by atoms with E-state index in [1.54, 1.807) is 13.0 Å². The van der Waals surface area contributed by atoms with Crippen molar-refractivity contribution in [3.05, 3.63) is 52.1 Å². The summed E-state index contributed by atoms with van der Waals surface area (Å²) in [7, 11) is 3.53. The number of nitriles is 1. The summed E-state index contributed by atoms with van der Waals surface area (Å²) in [5, 5.41) is 13.2.